The summed E-state index contributed by atoms with van der Waals surface area (Å²) in [5.74, 6) is -1.25. The number of carbonyl (C=O) groups excluding carboxylic acids is 2. The molecular formula is C18H15BrCl3NO4. The van der Waals surface area contributed by atoms with Crippen molar-refractivity contribution >= 4 is 62.5 Å². The van der Waals surface area contributed by atoms with Gasteiger partial charge in [-0.05, 0) is 46.6 Å². The number of pyridine rings is 1. The first-order chi connectivity index (χ1) is 12.7. The van der Waals surface area contributed by atoms with E-state index in [1.54, 1.807) is 25.1 Å². The van der Waals surface area contributed by atoms with E-state index in [1.165, 1.54) is 0 Å². The summed E-state index contributed by atoms with van der Waals surface area (Å²) in [6.07, 6.45) is 0.00803. The largest absolute Gasteiger partial charge is 0.504 e. The molecule has 0 amide bonds. The van der Waals surface area contributed by atoms with Crippen molar-refractivity contribution < 1.29 is 19.4 Å². The van der Waals surface area contributed by atoms with Crippen molar-refractivity contribution in [3.63, 3.8) is 0 Å². The van der Waals surface area contributed by atoms with E-state index in [2.05, 4.69) is 20.9 Å². The lowest BCUT2D eigenvalue weighted by Gasteiger charge is -2.11. The second-order valence-electron chi connectivity index (χ2n) is 5.55. The van der Waals surface area contributed by atoms with Gasteiger partial charge in [-0.15, -0.1) is 0 Å². The van der Waals surface area contributed by atoms with Gasteiger partial charge in [0.25, 0.3) is 0 Å². The fourth-order valence-corrected chi connectivity index (χ4v) is 3.73. The molecule has 144 valence electrons. The number of ketones is 1. The van der Waals surface area contributed by atoms with Gasteiger partial charge in [-0.3, -0.25) is 9.59 Å². The highest BCUT2D eigenvalue weighted by atomic mass is 79.9. The third-order valence-electron chi connectivity index (χ3n) is 3.59. The number of hydrogen-bond donors (Lipinski definition) is 1. The van der Waals surface area contributed by atoms with Gasteiger partial charge in [0.1, 0.15) is 5.69 Å². The number of ether oxygens (including phenoxy) is 1. The predicted octanol–water partition coefficient (Wildman–Crippen LogP) is 5.63. The van der Waals surface area contributed by atoms with Crippen LogP contribution in [0.4, 0.5) is 0 Å². The molecule has 27 heavy (non-hydrogen) atoms. The Hall–Kier alpha value is -1.34. The molecule has 1 aromatic heterocycles. The molecule has 0 saturated carbocycles. The Morgan fingerprint density at radius 1 is 1.15 bits per heavy atom. The summed E-state index contributed by atoms with van der Waals surface area (Å²) in [4.78, 5) is 28.0. The normalized spacial score (nSPS) is 10.7. The first-order valence-corrected chi connectivity index (χ1v) is 9.86. The molecule has 0 aliphatic rings. The number of halogens is 4. The van der Waals surface area contributed by atoms with E-state index in [-0.39, 0.29) is 37.3 Å². The molecule has 0 aliphatic heterocycles. The number of esters is 1. The predicted molar refractivity (Wildman–Crippen MR) is 108 cm³/mol. The Kier molecular flexibility index (Phi) is 7.91. The highest BCUT2D eigenvalue weighted by Crippen LogP contribution is 2.33. The summed E-state index contributed by atoms with van der Waals surface area (Å²) in [5, 5.41) is 11.3. The van der Waals surface area contributed by atoms with Crippen LogP contribution >= 0.6 is 50.7 Å². The lowest BCUT2D eigenvalue weighted by molar-refractivity contribution is -0.143. The highest BCUT2D eigenvalue weighted by Gasteiger charge is 2.20. The van der Waals surface area contributed by atoms with Crippen LogP contribution in [-0.4, -0.2) is 28.4 Å². The SMILES string of the molecule is CCOC(=O)CCC(=O)c1nc(Cc2c(Cl)cc(Cl)cc2Cl)cc(Br)c1O. The summed E-state index contributed by atoms with van der Waals surface area (Å²) >= 11 is 21.5. The average molecular weight is 496 g/mol. The number of hydrogen-bond acceptors (Lipinski definition) is 5. The first kappa shape index (κ1) is 22.0. The van der Waals surface area contributed by atoms with E-state index in [9.17, 15) is 14.7 Å². The number of rotatable bonds is 7. The van der Waals surface area contributed by atoms with Gasteiger partial charge in [-0.1, -0.05) is 34.8 Å². The summed E-state index contributed by atoms with van der Waals surface area (Å²) in [6, 6.07) is 4.69. The van der Waals surface area contributed by atoms with Gasteiger partial charge >= 0.3 is 5.97 Å². The molecule has 1 heterocycles. The molecule has 0 aliphatic carbocycles. The molecule has 0 fully saturated rings. The van der Waals surface area contributed by atoms with E-state index in [1.807, 2.05) is 0 Å². The van der Waals surface area contributed by atoms with Gasteiger partial charge in [0.15, 0.2) is 11.5 Å². The average Bonchev–Trinajstić information content (AvgIpc) is 2.59. The maximum atomic E-state index is 12.4. The monoisotopic (exact) mass is 493 g/mol. The van der Waals surface area contributed by atoms with Crippen molar-refractivity contribution in [2.75, 3.05) is 6.61 Å². The van der Waals surface area contributed by atoms with E-state index < -0.39 is 11.8 Å². The van der Waals surface area contributed by atoms with Crippen molar-refractivity contribution in [1.29, 1.82) is 0 Å². The van der Waals surface area contributed by atoms with Crippen LogP contribution in [-0.2, 0) is 16.0 Å². The van der Waals surface area contributed by atoms with Gasteiger partial charge < -0.3 is 9.84 Å². The van der Waals surface area contributed by atoms with E-state index in [0.29, 0.717) is 30.8 Å². The third kappa shape index (κ3) is 5.82. The molecular weight excluding hydrogens is 480 g/mol. The molecule has 0 bridgehead atoms. The maximum absolute atomic E-state index is 12.4. The van der Waals surface area contributed by atoms with Crippen LogP contribution in [0.25, 0.3) is 0 Å². The summed E-state index contributed by atoms with van der Waals surface area (Å²) in [5.41, 5.74) is 0.924. The standard InChI is InChI=1S/C18H15BrCl3NO4/c1-2-27-16(25)4-3-15(24)17-18(26)12(19)8-10(23-17)7-11-13(21)5-9(20)6-14(11)22/h5-6,8,26H,2-4,7H2,1H3. The van der Waals surface area contributed by atoms with Crippen LogP contribution in [0.2, 0.25) is 15.1 Å². The second-order valence-corrected chi connectivity index (χ2v) is 7.65. The molecule has 5 nitrogen and oxygen atoms in total. The topological polar surface area (TPSA) is 76.5 Å². The minimum absolute atomic E-state index is 0.0928. The van der Waals surface area contributed by atoms with Gasteiger partial charge in [-0.2, -0.15) is 0 Å². The van der Waals surface area contributed by atoms with Crippen LogP contribution in [0, 0.1) is 0 Å². The minimum Gasteiger partial charge on any atom is -0.504 e. The Morgan fingerprint density at radius 3 is 2.37 bits per heavy atom. The molecule has 0 spiro atoms. The van der Waals surface area contributed by atoms with Gasteiger partial charge in [0.2, 0.25) is 0 Å². The fraction of sp³-hybridized carbons (Fsp3) is 0.278. The van der Waals surface area contributed by atoms with E-state index >= 15 is 0 Å². The summed E-state index contributed by atoms with van der Waals surface area (Å²) < 4.78 is 5.10. The number of Topliss-reactive ketones (excluding diaryl/α,β-unsaturated/α-hetero) is 1. The van der Waals surface area contributed by atoms with Crippen LogP contribution in [0.15, 0.2) is 22.7 Å². The van der Waals surface area contributed by atoms with Gasteiger partial charge in [0.05, 0.1) is 17.5 Å². The molecule has 1 N–H and O–H groups in total. The Labute approximate surface area is 179 Å². The van der Waals surface area contributed by atoms with Crippen LogP contribution in [0.3, 0.4) is 0 Å². The minimum atomic E-state index is -0.486. The van der Waals surface area contributed by atoms with Crippen molar-refractivity contribution in [3.05, 3.63) is 54.7 Å². The van der Waals surface area contributed by atoms with Gasteiger partial charge in [0, 0.05) is 33.6 Å². The van der Waals surface area contributed by atoms with Crippen molar-refractivity contribution in [2.24, 2.45) is 0 Å². The zero-order valence-electron chi connectivity index (χ0n) is 14.2. The molecule has 0 unspecified atom stereocenters. The quantitative estimate of drug-likeness (QED) is 0.398. The fourth-order valence-electron chi connectivity index (χ4n) is 2.33. The summed E-state index contributed by atoms with van der Waals surface area (Å²) in [6.45, 7) is 1.92. The van der Waals surface area contributed by atoms with E-state index in [0.717, 1.165) is 0 Å². The number of carbonyl (C=O) groups is 2. The number of nitrogens with zero attached hydrogens (tertiary/aromatic N) is 1. The Balaban J connectivity index is 2.28. The molecule has 1 aromatic carbocycles. The smallest absolute Gasteiger partial charge is 0.306 e. The van der Waals surface area contributed by atoms with Crippen LogP contribution < -0.4 is 0 Å². The zero-order valence-corrected chi connectivity index (χ0v) is 18.0. The molecule has 9 heteroatoms. The lowest BCUT2D eigenvalue weighted by Crippen LogP contribution is -2.10. The van der Waals surface area contributed by atoms with Gasteiger partial charge in [-0.25, -0.2) is 4.98 Å². The Morgan fingerprint density at radius 2 is 1.78 bits per heavy atom. The Bertz CT molecular complexity index is 866. The number of aromatic hydroxyl groups is 1. The van der Waals surface area contributed by atoms with Crippen molar-refractivity contribution in [3.8, 4) is 5.75 Å². The molecule has 0 atom stereocenters. The molecule has 0 saturated heterocycles. The second kappa shape index (κ2) is 9.73. The zero-order chi connectivity index (χ0) is 20.1. The highest BCUT2D eigenvalue weighted by molar-refractivity contribution is 9.10. The van der Waals surface area contributed by atoms with Crippen molar-refractivity contribution in [2.45, 2.75) is 26.2 Å². The third-order valence-corrected chi connectivity index (χ3v) is 5.09. The van der Waals surface area contributed by atoms with E-state index in [4.69, 9.17) is 39.5 Å². The first-order valence-electron chi connectivity index (χ1n) is 7.93. The number of benzene rings is 1. The molecule has 2 rings (SSSR count). The maximum Gasteiger partial charge on any atom is 0.306 e. The lowest BCUT2D eigenvalue weighted by atomic mass is 10.1. The van der Waals surface area contributed by atoms with Crippen LogP contribution in [0.5, 0.6) is 5.75 Å². The molecule has 0 radical (unpaired) electrons. The van der Waals surface area contributed by atoms with Crippen molar-refractivity contribution in [1.82, 2.24) is 4.98 Å². The van der Waals surface area contributed by atoms with Crippen LogP contribution in [0.1, 0.15) is 41.5 Å². The summed E-state index contributed by atoms with van der Waals surface area (Å²) in [7, 11) is 0. The number of aromatic nitrogens is 1. The molecule has 2 aromatic rings.